The third-order valence-electron chi connectivity index (χ3n) is 5.37. The molecule has 0 nitrogen and oxygen atoms in total. The Labute approximate surface area is 142 Å². The van der Waals surface area contributed by atoms with Crippen molar-refractivity contribution in [2.24, 2.45) is 17.8 Å². The van der Waals surface area contributed by atoms with Crippen molar-refractivity contribution in [3.05, 3.63) is 0 Å². The summed E-state index contributed by atoms with van der Waals surface area (Å²) in [6.07, 6.45) is 20.3. The highest BCUT2D eigenvalue weighted by Crippen LogP contribution is 2.26. The van der Waals surface area contributed by atoms with Crippen molar-refractivity contribution >= 4 is 0 Å². The van der Waals surface area contributed by atoms with E-state index in [-0.39, 0.29) is 0 Å². The molecule has 0 fully saturated rings. The quantitative estimate of drug-likeness (QED) is 0.251. The molecule has 2 unspecified atom stereocenters. The summed E-state index contributed by atoms with van der Waals surface area (Å²) in [5.41, 5.74) is 0. The van der Waals surface area contributed by atoms with Gasteiger partial charge in [-0.2, -0.15) is 0 Å². The molecule has 0 saturated heterocycles. The minimum absolute atomic E-state index is 0.880. The Morgan fingerprint density at radius 3 is 1.73 bits per heavy atom. The van der Waals surface area contributed by atoms with Crippen LogP contribution in [0.15, 0.2) is 0 Å². The largest absolute Gasteiger partial charge is 0.0654 e. The normalized spacial score (nSPS) is 14.5. The van der Waals surface area contributed by atoms with E-state index in [1.165, 1.54) is 89.9 Å². The van der Waals surface area contributed by atoms with Gasteiger partial charge in [0.25, 0.3) is 0 Å². The molecule has 0 aromatic carbocycles. The van der Waals surface area contributed by atoms with E-state index in [2.05, 4.69) is 34.6 Å². The topological polar surface area (TPSA) is 0 Å². The third kappa shape index (κ3) is 13.6. The van der Waals surface area contributed by atoms with E-state index in [1.807, 2.05) is 0 Å². The van der Waals surface area contributed by atoms with Gasteiger partial charge >= 0.3 is 0 Å². The van der Waals surface area contributed by atoms with Crippen LogP contribution in [0.1, 0.15) is 125 Å². The van der Waals surface area contributed by atoms with Crippen LogP contribution in [0.4, 0.5) is 0 Å². The predicted octanol–water partition coefficient (Wildman–Crippen LogP) is 8.40. The summed E-state index contributed by atoms with van der Waals surface area (Å²) in [4.78, 5) is 0. The van der Waals surface area contributed by atoms with E-state index in [0.29, 0.717) is 0 Å². The van der Waals surface area contributed by atoms with Crippen molar-refractivity contribution in [1.82, 2.24) is 0 Å². The van der Waals surface area contributed by atoms with E-state index in [9.17, 15) is 0 Å². The number of hydrogen-bond donors (Lipinski definition) is 0. The second-order valence-electron chi connectivity index (χ2n) is 8.03. The second-order valence-corrected chi connectivity index (χ2v) is 8.03. The van der Waals surface area contributed by atoms with Crippen molar-refractivity contribution in [2.45, 2.75) is 125 Å². The van der Waals surface area contributed by atoms with Crippen LogP contribution in [-0.2, 0) is 0 Å². The Morgan fingerprint density at radius 1 is 0.500 bits per heavy atom. The van der Waals surface area contributed by atoms with Crippen LogP contribution >= 0.6 is 0 Å². The molecule has 0 aromatic heterocycles. The van der Waals surface area contributed by atoms with Crippen LogP contribution < -0.4 is 0 Å². The molecule has 134 valence electrons. The minimum Gasteiger partial charge on any atom is -0.0654 e. The zero-order valence-corrected chi connectivity index (χ0v) is 16.6. The Hall–Kier alpha value is 0. The summed E-state index contributed by atoms with van der Waals surface area (Å²) >= 11 is 0. The molecule has 0 heterocycles. The van der Waals surface area contributed by atoms with E-state index in [0.717, 1.165) is 17.8 Å². The van der Waals surface area contributed by atoms with E-state index >= 15 is 0 Å². The zero-order valence-electron chi connectivity index (χ0n) is 16.6. The van der Waals surface area contributed by atoms with Gasteiger partial charge in [0.05, 0.1) is 0 Å². The first-order chi connectivity index (χ1) is 10.6. The first-order valence-corrected chi connectivity index (χ1v) is 10.6. The van der Waals surface area contributed by atoms with Crippen LogP contribution in [0.5, 0.6) is 0 Å². The number of hydrogen-bond acceptors (Lipinski definition) is 0. The molecular weight excluding hydrogens is 264 g/mol. The molecule has 0 saturated carbocycles. The molecule has 2 atom stereocenters. The molecule has 0 N–H and O–H groups in total. The maximum atomic E-state index is 2.39. The van der Waals surface area contributed by atoms with Gasteiger partial charge in [0, 0.05) is 0 Å². The average molecular weight is 311 g/mol. The third-order valence-corrected chi connectivity index (χ3v) is 5.37. The lowest BCUT2D eigenvalue weighted by Crippen LogP contribution is -2.05. The molecule has 0 aliphatic heterocycles. The fourth-order valence-corrected chi connectivity index (χ4v) is 3.69. The van der Waals surface area contributed by atoms with E-state index < -0.39 is 0 Å². The van der Waals surface area contributed by atoms with Crippen molar-refractivity contribution in [2.75, 3.05) is 0 Å². The molecule has 22 heavy (non-hydrogen) atoms. The Balaban J connectivity index is 3.81. The summed E-state index contributed by atoms with van der Waals surface area (Å²) in [7, 11) is 0. The van der Waals surface area contributed by atoms with Crippen LogP contribution in [0.3, 0.4) is 0 Å². The van der Waals surface area contributed by atoms with E-state index in [4.69, 9.17) is 0 Å². The monoisotopic (exact) mass is 310 g/mol. The average Bonchev–Trinajstić information content (AvgIpc) is 2.50. The maximum absolute atomic E-state index is 2.39. The lowest BCUT2D eigenvalue weighted by Gasteiger charge is -2.19. The number of rotatable bonds is 16. The molecule has 0 rings (SSSR count). The Morgan fingerprint density at radius 2 is 1.14 bits per heavy atom. The summed E-state index contributed by atoms with van der Waals surface area (Å²) in [5, 5.41) is 0. The molecule has 0 aliphatic rings. The maximum Gasteiger partial charge on any atom is -0.0414 e. The highest BCUT2D eigenvalue weighted by Gasteiger charge is 2.11. The molecular formula is C22H46. The molecule has 0 amide bonds. The van der Waals surface area contributed by atoms with Gasteiger partial charge in [-0.05, 0) is 17.8 Å². The molecule has 0 heteroatoms. The van der Waals surface area contributed by atoms with Crippen LogP contribution in [0, 0.1) is 17.8 Å². The van der Waals surface area contributed by atoms with Gasteiger partial charge in [-0.1, -0.05) is 125 Å². The predicted molar refractivity (Wildman–Crippen MR) is 103 cm³/mol. The fraction of sp³-hybridized carbons (Fsp3) is 1.00. The van der Waals surface area contributed by atoms with Gasteiger partial charge in [0.15, 0.2) is 0 Å². The van der Waals surface area contributed by atoms with Crippen LogP contribution in [0.2, 0.25) is 0 Å². The van der Waals surface area contributed by atoms with Gasteiger partial charge in [0.1, 0.15) is 0 Å². The summed E-state index contributed by atoms with van der Waals surface area (Å²) in [6, 6.07) is 0. The number of unbranched alkanes of at least 4 members (excludes halogenated alkanes) is 4. The Kier molecular flexibility index (Phi) is 15.9. The van der Waals surface area contributed by atoms with Gasteiger partial charge < -0.3 is 0 Å². The second kappa shape index (κ2) is 15.9. The molecule has 0 aliphatic carbocycles. The summed E-state index contributed by atoms with van der Waals surface area (Å²) < 4.78 is 0. The summed E-state index contributed by atoms with van der Waals surface area (Å²) in [6.45, 7) is 11.8. The molecule has 0 aromatic rings. The zero-order chi connectivity index (χ0) is 16.6. The van der Waals surface area contributed by atoms with Crippen molar-refractivity contribution in [1.29, 1.82) is 0 Å². The molecule has 0 spiro atoms. The first-order valence-electron chi connectivity index (χ1n) is 10.6. The summed E-state index contributed by atoms with van der Waals surface area (Å²) in [5.74, 6) is 2.90. The van der Waals surface area contributed by atoms with Crippen molar-refractivity contribution < 1.29 is 0 Å². The smallest absolute Gasteiger partial charge is 0.0414 e. The van der Waals surface area contributed by atoms with Gasteiger partial charge in [-0.25, -0.2) is 0 Å². The fourth-order valence-electron chi connectivity index (χ4n) is 3.69. The lowest BCUT2D eigenvalue weighted by atomic mass is 9.87. The van der Waals surface area contributed by atoms with Crippen molar-refractivity contribution in [3.63, 3.8) is 0 Å². The molecule has 0 bridgehead atoms. The van der Waals surface area contributed by atoms with Crippen molar-refractivity contribution in [3.8, 4) is 0 Å². The highest BCUT2D eigenvalue weighted by molar-refractivity contribution is 4.64. The van der Waals surface area contributed by atoms with Gasteiger partial charge in [-0.3, -0.25) is 0 Å². The van der Waals surface area contributed by atoms with Crippen LogP contribution in [0.25, 0.3) is 0 Å². The minimum atomic E-state index is 0.880. The lowest BCUT2D eigenvalue weighted by molar-refractivity contribution is 0.336. The van der Waals surface area contributed by atoms with Crippen LogP contribution in [-0.4, -0.2) is 0 Å². The standard InChI is InChI=1S/C22H46/c1-6-9-10-11-12-15-22(14-7-2)17-13-16-21(8-3)19-18-20(4)5/h20-22H,6-19H2,1-5H3. The Bertz CT molecular complexity index is 206. The molecule has 0 radical (unpaired) electrons. The van der Waals surface area contributed by atoms with E-state index in [1.54, 1.807) is 0 Å². The van der Waals surface area contributed by atoms with Gasteiger partial charge in [-0.15, -0.1) is 0 Å². The SMILES string of the molecule is CCCCCCCC(CCC)CCCC(CC)CCC(C)C. The highest BCUT2D eigenvalue weighted by atomic mass is 14.2. The van der Waals surface area contributed by atoms with Gasteiger partial charge in [0.2, 0.25) is 0 Å². The first kappa shape index (κ1) is 22.0.